The number of aryl methyl sites for hydroxylation is 1. The topological polar surface area (TPSA) is 103 Å². The monoisotopic (exact) mass is 570 g/mol. The zero-order valence-corrected chi connectivity index (χ0v) is 24.2. The molecule has 1 amide bonds. The summed E-state index contributed by atoms with van der Waals surface area (Å²) in [5.74, 6) is 0.254. The lowest BCUT2D eigenvalue weighted by atomic mass is 10.1. The van der Waals surface area contributed by atoms with Crippen LogP contribution < -0.4 is 4.74 Å². The van der Waals surface area contributed by atoms with E-state index in [0.29, 0.717) is 55.5 Å². The molecule has 40 heavy (non-hydrogen) atoms. The number of methoxy groups -OCH3 is 2. The normalized spacial score (nSPS) is 14.3. The molecule has 1 fully saturated rings. The second-order valence-corrected chi connectivity index (χ2v) is 11.7. The van der Waals surface area contributed by atoms with Crippen molar-refractivity contribution in [2.75, 3.05) is 60.2 Å². The van der Waals surface area contributed by atoms with Crippen LogP contribution in [0.2, 0.25) is 0 Å². The number of amides is 1. The molecule has 1 saturated heterocycles. The summed E-state index contributed by atoms with van der Waals surface area (Å²) in [5.41, 5.74) is 2.74. The van der Waals surface area contributed by atoms with Crippen LogP contribution in [0, 0.1) is 6.92 Å². The molecule has 0 unspecified atom stereocenters. The first-order valence-corrected chi connectivity index (χ1v) is 15.0. The van der Waals surface area contributed by atoms with Crippen molar-refractivity contribution in [1.29, 1.82) is 0 Å². The molecule has 1 aliphatic rings. The highest BCUT2D eigenvalue weighted by molar-refractivity contribution is 7.90. The number of aromatic nitrogens is 2. The SMILES string of the molecule is COCCn1c(CN(CCN2CCOCC2)C(=O)c2ccccc2C)cnc1S(=O)(=O)Cc1cccc(OC)c1. The highest BCUT2D eigenvalue weighted by Crippen LogP contribution is 2.22. The third-order valence-electron chi connectivity index (χ3n) is 7.00. The Balaban J connectivity index is 1.63. The molecular formula is C29H38N4O6S. The van der Waals surface area contributed by atoms with Gasteiger partial charge in [-0.1, -0.05) is 30.3 Å². The van der Waals surface area contributed by atoms with Crippen LogP contribution in [0.25, 0.3) is 0 Å². The Bertz CT molecular complexity index is 1380. The lowest BCUT2D eigenvalue weighted by molar-refractivity contribution is 0.0318. The van der Waals surface area contributed by atoms with E-state index in [1.54, 1.807) is 54.1 Å². The number of nitrogens with zero attached hydrogens (tertiary/aromatic N) is 4. The molecule has 0 radical (unpaired) electrons. The van der Waals surface area contributed by atoms with E-state index in [-0.39, 0.29) is 29.9 Å². The summed E-state index contributed by atoms with van der Waals surface area (Å²) in [6.07, 6.45) is 1.56. The number of hydrogen-bond acceptors (Lipinski definition) is 8. The maximum Gasteiger partial charge on any atom is 0.254 e. The van der Waals surface area contributed by atoms with E-state index < -0.39 is 9.84 Å². The molecule has 10 nitrogen and oxygen atoms in total. The third kappa shape index (κ3) is 7.48. The highest BCUT2D eigenvalue weighted by atomic mass is 32.2. The molecule has 2 aromatic carbocycles. The van der Waals surface area contributed by atoms with Crippen molar-refractivity contribution in [3.63, 3.8) is 0 Å². The summed E-state index contributed by atoms with van der Waals surface area (Å²) in [5, 5.41) is -0.0427. The van der Waals surface area contributed by atoms with E-state index in [0.717, 1.165) is 18.7 Å². The molecule has 0 bridgehead atoms. The average molecular weight is 571 g/mol. The van der Waals surface area contributed by atoms with Gasteiger partial charge in [-0.15, -0.1) is 0 Å². The van der Waals surface area contributed by atoms with E-state index in [1.807, 2.05) is 31.2 Å². The zero-order chi connectivity index (χ0) is 28.5. The van der Waals surface area contributed by atoms with E-state index in [1.165, 1.54) is 0 Å². The molecule has 0 atom stereocenters. The molecule has 1 aromatic heterocycles. The number of morpholine rings is 1. The first-order valence-electron chi connectivity index (χ1n) is 13.4. The first-order chi connectivity index (χ1) is 19.3. The van der Waals surface area contributed by atoms with Crippen LogP contribution in [0.3, 0.4) is 0 Å². The van der Waals surface area contributed by atoms with Crippen molar-refractivity contribution < 1.29 is 27.4 Å². The summed E-state index contributed by atoms with van der Waals surface area (Å²) in [4.78, 5) is 22.2. The molecule has 0 N–H and O–H groups in total. The van der Waals surface area contributed by atoms with Gasteiger partial charge in [0, 0.05) is 45.4 Å². The van der Waals surface area contributed by atoms with Crippen molar-refractivity contribution in [2.45, 2.75) is 30.9 Å². The Morgan fingerprint density at radius 1 is 1.07 bits per heavy atom. The van der Waals surface area contributed by atoms with Crippen molar-refractivity contribution >= 4 is 15.7 Å². The van der Waals surface area contributed by atoms with Crippen molar-refractivity contribution in [3.05, 3.63) is 77.1 Å². The van der Waals surface area contributed by atoms with Crippen LogP contribution in [-0.2, 0) is 38.2 Å². The maximum atomic E-state index is 13.8. The van der Waals surface area contributed by atoms with Gasteiger partial charge in [0.05, 0.1) is 51.1 Å². The summed E-state index contributed by atoms with van der Waals surface area (Å²) < 4.78 is 44.8. The van der Waals surface area contributed by atoms with Crippen LogP contribution in [-0.4, -0.2) is 93.9 Å². The Labute approximate surface area is 236 Å². The van der Waals surface area contributed by atoms with Gasteiger partial charge in [0.1, 0.15) is 5.75 Å². The van der Waals surface area contributed by atoms with Gasteiger partial charge in [0.15, 0.2) is 0 Å². The van der Waals surface area contributed by atoms with E-state index in [9.17, 15) is 13.2 Å². The Kier molecular flexibility index (Phi) is 10.3. The maximum absolute atomic E-state index is 13.8. The number of carbonyl (C=O) groups excluding carboxylic acids is 1. The van der Waals surface area contributed by atoms with Gasteiger partial charge >= 0.3 is 0 Å². The van der Waals surface area contributed by atoms with Crippen molar-refractivity contribution in [2.24, 2.45) is 0 Å². The third-order valence-corrected chi connectivity index (χ3v) is 8.59. The molecule has 0 spiro atoms. The Morgan fingerprint density at radius 3 is 2.58 bits per heavy atom. The quantitative estimate of drug-likeness (QED) is 0.309. The van der Waals surface area contributed by atoms with Crippen molar-refractivity contribution in [3.8, 4) is 5.75 Å². The lowest BCUT2D eigenvalue weighted by Gasteiger charge is -2.30. The minimum atomic E-state index is -3.81. The predicted octanol–water partition coefficient (Wildman–Crippen LogP) is 2.80. The molecule has 0 aliphatic carbocycles. The summed E-state index contributed by atoms with van der Waals surface area (Å²) >= 11 is 0. The van der Waals surface area contributed by atoms with Gasteiger partial charge in [0.25, 0.3) is 5.91 Å². The number of hydrogen-bond donors (Lipinski definition) is 0. The highest BCUT2D eigenvalue weighted by Gasteiger charge is 2.27. The molecule has 3 aromatic rings. The average Bonchev–Trinajstić information content (AvgIpc) is 3.37. The van der Waals surface area contributed by atoms with Crippen LogP contribution in [0.1, 0.15) is 27.2 Å². The standard InChI is InChI=1S/C29H38N4O6S/c1-23-7-4-5-10-27(23)28(34)32(12-11-31-13-17-39-18-14-31)21-25-20-30-29(33(25)15-16-37-2)40(35,36)22-24-8-6-9-26(19-24)38-3/h4-10,19-20H,11-18,21-22H2,1-3H3. The molecule has 0 saturated carbocycles. The fourth-order valence-corrected chi connectivity index (χ4v) is 6.26. The van der Waals surface area contributed by atoms with Crippen molar-refractivity contribution in [1.82, 2.24) is 19.4 Å². The smallest absolute Gasteiger partial charge is 0.254 e. The second kappa shape index (κ2) is 13.9. The number of ether oxygens (including phenoxy) is 3. The first kappa shape index (κ1) is 29.7. The van der Waals surface area contributed by atoms with Gasteiger partial charge < -0.3 is 23.7 Å². The lowest BCUT2D eigenvalue weighted by Crippen LogP contribution is -2.43. The molecule has 4 rings (SSSR count). The molecule has 2 heterocycles. The minimum absolute atomic E-state index is 0.0427. The largest absolute Gasteiger partial charge is 0.497 e. The van der Waals surface area contributed by atoms with Gasteiger partial charge in [0.2, 0.25) is 15.0 Å². The van der Waals surface area contributed by atoms with Gasteiger partial charge in [-0.2, -0.15) is 0 Å². The van der Waals surface area contributed by atoms with Crippen LogP contribution >= 0.6 is 0 Å². The molecule has 1 aliphatic heterocycles. The molecule has 216 valence electrons. The summed E-state index contributed by atoms with van der Waals surface area (Å²) in [7, 11) is -0.699. The minimum Gasteiger partial charge on any atom is -0.497 e. The number of imidazole rings is 1. The van der Waals surface area contributed by atoms with E-state index in [2.05, 4.69) is 9.88 Å². The van der Waals surface area contributed by atoms with Crippen LogP contribution in [0.4, 0.5) is 0 Å². The summed E-state index contributed by atoms with van der Waals surface area (Å²) in [6.45, 7) is 6.84. The zero-order valence-electron chi connectivity index (χ0n) is 23.4. The fourth-order valence-electron chi connectivity index (χ4n) is 4.75. The number of rotatable bonds is 13. The second-order valence-electron chi connectivity index (χ2n) is 9.78. The van der Waals surface area contributed by atoms with Gasteiger partial charge in [-0.05, 0) is 36.2 Å². The number of carbonyl (C=O) groups is 1. The number of sulfone groups is 1. The predicted molar refractivity (Wildman–Crippen MR) is 151 cm³/mol. The fraction of sp³-hybridized carbons (Fsp3) is 0.448. The Morgan fingerprint density at radius 2 is 1.85 bits per heavy atom. The number of benzene rings is 2. The molecule has 11 heteroatoms. The van der Waals surface area contributed by atoms with Crippen LogP contribution in [0.5, 0.6) is 5.75 Å². The van der Waals surface area contributed by atoms with E-state index >= 15 is 0 Å². The van der Waals surface area contributed by atoms with E-state index in [4.69, 9.17) is 14.2 Å². The van der Waals surface area contributed by atoms with Gasteiger partial charge in [-0.3, -0.25) is 9.69 Å². The van der Waals surface area contributed by atoms with Crippen LogP contribution in [0.15, 0.2) is 59.9 Å². The van der Waals surface area contributed by atoms with Gasteiger partial charge in [-0.25, -0.2) is 13.4 Å². The summed E-state index contributed by atoms with van der Waals surface area (Å²) in [6, 6.07) is 14.5. The molecular weight excluding hydrogens is 532 g/mol. The Hall–Kier alpha value is -3.25.